The molecule has 0 bridgehead atoms. The minimum absolute atomic E-state index is 0.973. The largest absolute Gasteiger partial charge is 0.278 e. The smallest absolute Gasteiger partial charge is 0.0650 e. The molecule has 1 aromatic carbocycles. The molecule has 1 N–H and O–H groups in total. The summed E-state index contributed by atoms with van der Waals surface area (Å²) in [5.74, 6) is 0. The Morgan fingerprint density at radius 3 is 2.71 bits per heavy atom. The third-order valence-corrected chi connectivity index (χ3v) is 2.96. The maximum atomic E-state index is 4.42. The Balaban J connectivity index is 2.06. The van der Waals surface area contributed by atoms with Crippen LogP contribution in [0.1, 0.15) is 12.6 Å². The number of benzene rings is 1. The lowest BCUT2D eigenvalue weighted by Gasteiger charge is -2.02. The molecule has 0 saturated carbocycles. The molecule has 0 aliphatic heterocycles. The summed E-state index contributed by atoms with van der Waals surface area (Å²) >= 11 is 0. The van der Waals surface area contributed by atoms with E-state index in [-0.39, 0.29) is 0 Å². The van der Waals surface area contributed by atoms with Crippen molar-refractivity contribution in [1.82, 2.24) is 15.2 Å². The van der Waals surface area contributed by atoms with Crippen LogP contribution in [0.15, 0.2) is 42.7 Å². The molecule has 17 heavy (non-hydrogen) atoms. The van der Waals surface area contributed by atoms with E-state index < -0.39 is 0 Å². The molecule has 84 valence electrons. The van der Waals surface area contributed by atoms with Crippen molar-refractivity contribution in [3.63, 3.8) is 0 Å². The molecule has 3 heteroatoms. The first-order chi connectivity index (χ1) is 8.36. The molecule has 0 saturated heterocycles. The summed E-state index contributed by atoms with van der Waals surface area (Å²) < 4.78 is 0. The molecule has 0 radical (unpaired) electrons. The summed E-state index contributed by atoms with van der Waals surface area (Å²) in [7, 11) is 0. The lowest BCUT2D eigenvalue weighted by molar-refractivity contribution is 1.04. The molecule has 2 aromatic heterocycles. The number of nitrogens with one attached hydrogen (secondary N) is 1. The van der Waals surface area contributed by atoms with Gasteiger partial charge in [0.25, 0.3) is 0 Å². The summed E-state index contributed by atoms with van der Waals surface area (Å²) in [4.78, 5) is 4.42. The summed E-state index contributed by atoms with van der Waals surface area (Å²) in [6, 6.07) is 10.5. The molecule has 0 unspecified atom stereocenters. The maximum Gasteiger partial charge on any atom is 0.0650 e. The molecule has 0 aliphatic carbocycles. The number of rotatable bonds is 2. The lowest BCUT2D eigenvalue weighted by Crippen LogP contribution is -1.86. The number of aromatic amines is 1. The predicted octanol–water partition coefficient (Wildman–Crippen LogP) is 3.19. The average Bonchev–Trinajstić information content (AvgIpc) is 2.86. The number of pyridine rings is 1. The summed E-state index contributed by atoms with van der Waals surface area (Å²) in [6.45, 7) is 2.11. The van der Waals surface area contributed by atoms with Gasteiger partial charge in [0, 0.05) is 22.8 Å². The van der Waals surface area contributed by atoms with E-state index in [1.54, 1.807) is 0 Å². The van der Waals surface area contributed by atoms with E-state index in [0.29, 0.717) is 0 Å². The fraction of sp³-hybridized carbons (Fsp3) is 0.143. The van der Waals surface area contributed by atoms with E-state index in [0.717, 1.165) is 28.6 Å². The van der Waals surface area contributed by atoms with Crippen LogP contribution in [0, 0.1) is 0 Å². The fourth-order valence-corrected chi connectivity index (χ4v) is 1.93. The average molecular weight is 223 g/mol. The van der Waals surface area contributed by atoms with Crippen molar-refractivity contribution in [2.45, 2.75) is 13.3 Å². The minimum atomic E-state index is 0.973. The van der Waals surface area contributed by atoms with Crippen LogP contribution in [0.5, 0.6) is 0 Å². The molecule has 3 rings (SSSR count). The van der Waals surface area contributed by atoms with Gasteiger partial charge in [0.1, 0.15) is 0 Å². The van der Waals surface area contributed by atoms with Crippen molar-refractivity contribution < 1.29 is 0 Å². The molecule has 0 spiro atoms. The van der Waals surface area contributed by atoms with Gasteiger partial charge in [-0.2, -0.15) is 5.10 Å². The first-order valence-corrected chi connectivity index (χ1v) is 5.75. The number of hydrogen-bond acceptors (Lipinski definition) is 2. The zero-order valence-corrected chi connectivity index (χ0v) is 9.64. The normalized spacial score (nSPS) is 10.9. The van der Waals surface area contributed by atoms with Crippen LogP contribution in [0.3, 0.4) is 0 Å². The van der Waals surface area contributed by atoms with E-state index in [2.05, 4.69) is 46.4 Å². The quantitative estimate of drug-likeness (QED) is 0.725. The van der Waals surface area contributed by atoms with E-state index in [9.17, 15) is 0 Å². The van der Waals surface area contributed by atoms with Crippen molar-refractivity contribution in [3.8, 4) is 11.1 Å². The number of fused-ring (bicyclic) bond motifs is 1. The first kappa shape index (κ1) is 10.0. The van der Waals surface area contributed by atoms with Crippen LogP contribution in [-0.2, 0) is 6.42 Å². The highest BCUT2D eigenvalue weighted by molar-refractivity contribution is 5.83. The zero-order valence-electron chi connectivity index (χ0n) is 9.64. The van der Waals surface area contributed by atoms with Gasteiger partial charge in [-0.15, -0.1) is 0 Å². The van der Waals surface area contributed by atoms with E-state index in [1.807, 2.05) is 18.5 Å². The Bertz CT molecular complexity index is 638. The third-order valence-electron chi connectivity index (χ3n) is 2.96. The number of H-pyrrole nitrogens is 1. The number of aryl methyl sites for hydroxylation is 1. The highest BCUT2D eigenvalue weighted by atomic mass is 15.1. The standard InChI is InChI=1S/C14H13N3/c1-2-13-5-3-11(8-15-13)10-4-6-14-12(7-10)9-16-17-14/h3-9H,2H2,1H3,(H,16,17). The van der Waals surface area contributed by atoms with Gasteiger partial charge < -0.3 is 0 Å². The van der Waals surface area contributed by atoms with Gasteiger partial charge in [-0.3, -0.25) is 10.1 Å². The van der Waals surface area contributed by atoms with Gasteiger partial charge in [0.2, 0.25) is 0 Å². The van der Waals surface area contributed by atoms with Crippen molar-refractivity contribution >= 4 is 10.9 Å². The van der Waals surface area contributed by atoms with Gasteiger partial charge in [-0.05, 0) is 30.2 Å². The molecule has 0 aliphatic rings. The van der Waals surface area contributed by atoms with E-state index in [4.69, 9.17) is 0 Å². The highest BCUT2D eigenvalue weighted by Gasteiger charge is 2.01. The second-order valence-corrected chi connectivity index (χ2v) is 4.06. The van der Waals surface area contributed by atoms with Gasteiger partial charge in [0.05, 0.1) is 11.7 Å². The lowest BCUT2D eigenvalue weighted by atomic mass is 10.1. The number of aromatic nitrogens is 3. The Morgan fingerprint density at radius 1 is 1.06 bits per heavy atom. The number of hydrogen-bond donors (Lipinski definition) is 1. The molecule has 3 nitrogen and oxygen atoms in total. The summed E-state index contributed by atoms with van der Waals surface area (Å²) in [5, 5.41) is 8.10. The topological polar surface area (TPSA) is 41.6 Å². The first-order valence-electron chi connectivity index (χ1n) is 5.75. The van der Waals surface area contributed by atoms with Gasteiger partial charge in [-0.1, -0.05) is 19.1 Å². The Hall–Kier alpha value is -2.16. The van der Waals surface area contributed by atoms with Crippen molar-refractivity contribution in [2.75, 3.05) is 0 Å². The van der Waals surface area contributed by atoms with Crippen molar-refractivity contribution in [1.29, 1.82) is 0 Å². The molecule has 0 amide bonds. The minimum Gasteiger partial charge on any atom is -0.278 e. The van der Waals surface area contributed by atoms with Crippen molar-refractivity contribution in [3.05, 3.63) is 48.4 Å². The van der Waals surface area contributed by atoms with Crippen LogP contribution in [0.25, 0.3) is 22.0 Å². The monoisotopic (exact) mass is 223 g/mol. The number of nitrogens with zero attached hydrogens (tertiary/aromatic N) is 2. The molecule has 0 atom stereocenters. The highest BCUT2D eigenvalue weighted by Crippen LogP contribution is 2.22. The van der Waals surface area contributed by atoms with Crippen molar-refractivity contribution in [2.24, 2.45) is 0 Å². The summed E-state index contributed by atoms with van der Waals surface area (Å²) in [5.41, 5.74) is 4.50. The van der Waals surface area contributed by atoms with Crippen LogP contribution in [0.2, 0.25) is 0 Å². The maximum absolute atomic E-state index is 4.42. The van der Waals surface area contributed by atoms with E-state index in [1.165, 1.54) is 5.56 Å². The summed E-state index contributed by atoms with van der Waals surface area (Å²) in [6.07, 6.45) is 4.74. The van der Waals surface area contributed by atoms with Crippen LogP contribution in [0.4, 0.5) is 0 Å². The van der Waals surface area contributed by atoms with E-state index >= 15 is 0 Å². The Morgan fingerprint density at radius 2 is 1.94 bits per heavy atom. The molecule has 0 fully saturated rings. The predicted molar refractivity (Wildman–Crippen MR) is 68.7 cm³/mol. The fourth-order valence-electron chi connectivity index (χ4n) is 1.93. The third kappa shape index (κ3) is 1.80. The molecule has 2 heterocycles. The van der Waals surface area contributed by atoms with Crippen LogP contribution in [-0.4, -0.2) is 15.2 Å². The van der Waals surface area contributed by atoms with Crippen LogP contribution < -0.4 is 0 Å². The molecular weight excluding hydrogens is 210 g/mol. The second-order valence-electron chi connectivity index (χ2n) is 4.06. The zero-order chi connectivity index (χ0) is 11.7. The molecule has 3 aromatic rings. The van der Waals surface area contributed by atoms with Gasteiger partial charge in [-0.25, -0.2) is 0 Å². The Labute approximate surface area is 99.5 Å². The van der Waals surface area contributed by atoms with Gasteiger partial charge >= 0.3 is 0 Å². The van der Waals surface area contributed by atoms with Crippen LogP contribution >= 0.6 is 0 Å². The molecular formula is C14H13N3. The SMILES string of the molecule is CCc1ccc(-c2ccc3[nH]ncc3c2)cn1. The second kappa shape index (κ2) is 4.01. The Kier molecular flexibility index (Phi) is 2.37. The van der Waals surface area contributed by atoms with Gasteiger partial charge in [0.15, 0.2) is 0 Å².